The summed E-state index contributed by atoms with van der Waals surface area (Å²) in [6.07, 6.45) is 1.46. The molecule has 0 N–H and O–H groups in total. The van der Waals surface area contributed by atoms with Gasteiger partial charge in [0.1, 0.15) is 0 Å². The Bertz CT molecular complexity index is 252. The van der Waals surface area contributed by atoms with Crippen LogP contribution >= 0.6 is 0 Å². The molecule has 0 saturated heterocycles. The summed E-state index contributed by atoms with van der Waals surface area (Å²) in [5, 5.41) is 5.41. The topological polar surface area (TPSA) is 12.9 Å². The van der Waals surface area contributed by atoms with Gasteiger partial charge >= 0.3 is 92.2 Å². The number of hydrogen-bond donors (Lipinski definition) is 0. The summed E-state index contributed by atoms with van der Waals surface area (Å²) in [5.41, 5.74) is 2.66. The molecule has 2 rings (SSSR count). The van der Waals surface area contributed by atoms with Gasteiger partial charge in [0.15, 0.2) is 0 Å². The molecule has 0 aromatic carbocycles. The number of nitrogens with zero attached hydrogens (tertiary/aromatic N) is 1. The van der Waals surface area contributed by atoms with Crippen LogP contribution in [0.2, 0.25) is 10.6 Å². The molecule has 1 aromatic heterocycles. The van der Waals surface area contributed by atoms with E-state index in [4.69, 9.17) is 0 Å². The van der Waals surface area contributed by atoms with Crippen LogP contribution in [0, 0.1) is 0 Å². The monoisotopic (exact) mass is 307 g/mol. The standard InChI is InChI=1S/C10H13NSe2/c1-3-9-7-12-5-2-6-13-8-10(4-1)11-9/h1,3-4H,2,5-8H2. The molecule has 70 valence electrons. The summed E-state index contributed by atoms with van der Waals surface area (Å²) < 4.78 is 0. The van der Waals surface area contributed by atoms with Crippen molar-refractivity contribution in [3.8, 4) is 0 Å². The molecular weight excluding hydrogens is 292 g/mol. The second-order valence-corrected chi connectivity index (χ2v) is 7.72. The van der Waals surface area contributed by atoms with Crippen molar-refractivity contribution in [2.45, 2.75) is 27.7 Å². The zero-order valence-electron chi connectivity index (χ0n) is 7.53. The average molecular weight is 305 g/mol. The molecule has 0 aliphatic carbocycles. The van der Waals surface area contributed by atoms with Crippen molar-refractivity contribution in [1.29, 1.82) is 0 Å². The Morgan fingerprint density at radius 1 is 1.00 bits per heavy atom. The molecule has 0 fully saturated rings. The molecule has 1 aliphatic rings. The molecule has 0 spiro atoms. The van der Waals surface area contributed by atoms with E-state index in [-0.39, 0.29) is 0 Å². The Balaban J connectivity index is 2.13. The van der Waals surface area contributed by atoms with Gasteiger partial charge in [0.2, 0.25) is 0 Å². The van der Waals surface area contributed by atoms with E-state index in [0.29, 0.717) is 0 Å². The number of rotatable bonds is 0. The van der Waals surface area contributed by atoms with Gasteiger partial charge in [-0.1, -0.05) is 0 Å². The predicted octanol–water partition coefficient (Wildman–Crippen LogP) is 1.73. The fraction of sp³-hybridized carbons (Fsp3) is 0.500. The van der Waals surface area contributed by atoms with Crippen LogP contribution in [-0.2, 0) is 10.6 Å². The van der Waals surface area contributed by atoms with Gasteiger partial charge in [0.25, 0.3) is 0 Å². The van der Waals surface area contributed by atoms with Gasteiger partial charge in [0, 0.05) is 0 Å². The molecule has 1 nitrogen and oxygen atoms in total. The van der Waals surface area contributed by atoms with Gasteiger partial charge < -0.3 is 0 Å². The van der Waals surface area contributed by atoms with Gasteiger partial charge in [-0.25, -0.2) is 0 Å². The first kappa shape index (κ1) is 9.73. The van der Waals surface area contributed by atoms with Crippen LogP contribution in [0.4, 0.5) is 0 Å². The Hall–Kier alpha value is 0.189. The molecule has 0 radical (unpaired) electrons. The Morgan fingerprint density at radius 3 is 2.23 bits per heavy atom. The first-order valence-electron chi connectivity index (χ1n) is 4.55. The molecule has 3 heteroatoms. The van der Waals surface area contributed by atoms with Crippen LogP contribution in [0.3, 0.4) is 0 Å². The number of pyridine rings is 1. The van der Waals surface area contributed by atoms with Crippen LogP contribution in [0.25, 0.3) is 0 Å². The third-order valence-corrected chi connectivity index (χ3v) is 6.46. The van der Waals surface area contributed by atoms with Gasteiger partial charge in [0.05, 0.1) is 0 Å². The first-order chi connectivity index (χ1) is 6.45. The van der Waals surface area contributed by atoms with Crippen LogP contribution in [0.5, 0.6) is 0 Å². The van der Waals surface area contributed by atoms with Crippen LogP contribution in [0.1, 0.15) is 17.8 Å². The van der Waals surface area contributed by atoms with Gasteiger partial charge in [-0.3, -0.25) is 0 Å². The van der Waals surface area contributed by atoms with E-state index in [1.165, 1.54) is 39.1 Å². The van der Waals surface area contributed by atoms with E-state index >= 15 is 0 Å². The quantitative estimate of drug-likeness (QED) is 0.665. The zero-order valence-corrected chi connectivity index (χ0v) is 11.0. The number of hydrogen-bond acceptors (Lipinski definition) is 1. The van der Waals surface area contributed by atoms with Crippen molar-refractivity contribution < 1.29 is 0 Å². The molecule has 0 atom stereocenters. The second kappa shape index (κ2) is 5.16. The normalized spacial score (nSPS) is 18.2. The minimum atomic E-state index is 0.805. The Kier molecular flexibility index (Phi) is 3.87. The Labute approximate surface area is 92.0 Å². The van der Waals surface area contributed by atoms with Gasteiger partial charge in [-0.15, -0.1) is 0 Å². The van der Waals surface area contributed by atoms with Crippen molar-refractivity contribution in [3.63, 3.8) is 0 Å². The number of aromatic nitrogens is 1. The molecular formula is C10H13NSe2. The average Bonchev–Trinajstić information content (AvgIpc) is 2.17. The molecule has 0 unspecified atom stereocenters. The maximum atomic E-state index is 4.67. The molecule has 0 saturated carbocycles. The molecule has 1 aromatic rings. The summed E-state index contributed by atoms with van der Waals surface area (Å²) in [5.74, 6) is 0. The molecule has 2 bridgehead atoms. The van der Waals surface area contributed by atoms with Crippen molar-refractivity contribution >= 4 is 29.9 Å². The van der Waals surface area contributed by atoms with E-state index in [9.17, 15) is 0 Å². The summed E-state index contributed by atoms with van der Waals surface area (Å²) in [7, 11) is 0. The van der Waals surface area contributed by atoms with E-state index in [1.54, 1.807) is 0 Å². The fourth-order valence-electron chi connectivity index (χ4n) is 1.31. The van der Waals surface area contributed by atoms with E-state index in [0.717, 1.165) is 29.9 Å². The van der Waals surface area contributed by atoms with Crippen LogP contribution in [-0.4, -0.2) is 34.9 Å². The minimum absolute atomic E-state index is 0.805. The molecule has 0 amide bonds. The van der Waals surface area contributed by atoms with Gasteiger partial charge in [-0.2, -0.15) is 0 Å². The SMILES string of the molecule is c1cc2nc(c1)C[Se]CCC[Se]C2. The second-order valence-electron chi connectivity index (χ2n) is 3.08. The zero-order chi connectivity index (χ0) is 8.93. The Morgan fingerprint density at radius 2 is 1.62 bits per heavy atom. The fourth-order valence-corrected chi connectivity index (χ4v) is 5.85. The predicted molar refractivity (Wildman–Crippen MR) is 57.4 cm³/mol. The van der Waals surface area contributed by atoms with Crippen molar-refractivity contribution in [1.82, 2.24) is 4.98 Å². The third-order valence-electron chi connectivity index (χ3n) is 1.94. The first-order valence-corrected chi connectivity index (χ1v) is 9.40. The van der Waals surface area contributed by atoms with Crippen LogP contribution < -0.4 is 0 Å². The summed E-state index contributed by atoms with van der Waals surface area (Å²) in [6, 6.07) is 6.53. The third kappa shape index (κ3) is 3.10. The van der Waals surface area contributed by atoms with Gasteiger partial charge in [-0.05, 0) is 0 Å². The summed E-state index contributed by atoms with van der Waals surface area (Å²) in [4.78, 5) is 4.67. The van der Waals surface area contributed by atoms with Crippen molar-refractivity contribution in [3.05, 3.63) is 29.6 Å². The van der Waals surface area contributed by atoms with Crippen molar-refractivity contribution in [2.75, 3.05) is 0 Å². The maximum absolute atomic E-state index is 4.67. The molecule has 1 aliphatic heterocycles. The number of fused-ring (bicyclic) bond motifs is 2. The van der Waals surface area contributed by atoms with E-state index in [1.807, 2.05) is 0 Å². The molecule has 13 heavy (non-hydrogen) atoms. The van der Waals surface area contributed by atoms with Crippen molar-refractivity contribution in [2.24, 2.45) is 0 Å². The van der Waals surface area contributed by atoms with Crippen LogP contribution in [0.15, 0.2) is 18.2 Å². The van der Waals surface area contributed by atoms with E-state index < -0.39 is 0 Å². The summed E-state index contributed by atoms with van der Waals surface area (Å²) in [6.45, 7) is 0. The summed E-state index contributed by atoms with van der Waals surface area (Å²) >= 11 is 1.61. The molecule has 2 heterocycles. The van der Waals surface area contributed by atoms with E-state index in [2.05, 4.69) is 23.2 Å².